The zero-order chi connectivity index (χ0) is 14.5. The van der Waals surface area contributed by atoms with E-state index in [-0.39, 0.29) is 6.10 Å². The first-order valence-electron chi connectivity index (χ1n) is 7.73. The third-order valence-corrected chi connectivity index (χ3v) is 4.43. The largest absolute Gasteiger partial charge is 0.393 e. The van der Waals surface area contributed by atoms with Crippen LogP contribution in [-0.2, 0) is 12.8 Å². The van der Waals surface area contributed by atoms with E-state index in [9.17, 15) is 5.11 Å². The van der Waals surface area contributed by atoms with Gasteiger partial charge in [0.25, 0.3) is 0 Å². The van der Waals surface area contributed by atoms with Gasteiger partial charge in [0.2, 0.25) is 0 Å². The minimum atomic E-state index is -0.249. The third-order valence-electron chi connectivity index (χ3n) is 4.43. The molecule has 0 saturated carbocycles. The van der Waals surface area contributed by atoms with E-state index in [2.05, 4.69) is 55.1 Å². The van der Waals surface area contributed by atoms with E-state index in [0.29, 0.717) is 6.04 Å². The molecule has 1 aromatic carbocycles. The Hall–Kier alpha value is -0.900. The lowest BCUT2D eigenvalue weighted by atomic mass is 9.99. The van der Waals surface area contributed by atoms with Crippen molar-refractivity contribution in [3.8, 4) is 0 Å². The molecule has 3 nitrogen and oxygen atoms in total. The summed E-state index contributed by atoms with van der Waals surface area (Å²) < 4.78 is 0. The van der Waals surface area contributed by atoms with E-state index in [1.54, 1.807) is 0 Å². The van der Waals surface area contributed by atoms with Crippen LogP contribution in [0.25, 0.3) is 0 Å². The van der Waals surface area contributed by atoms with E-state index in [1.807, 2.05) is 0 Å². The molecule has 0 radical (unpaired) electrons. The Morgan fingerprint density at radius 2 is 1.80 bits per heavy atom. The van der Waals surface area contributed by atoms with Gasteiger partial charge in [0.1, 0.15) is 0 Å². The normalized spacial score (nSPS) is 22.9. The SMILES string of the molecule is CCc1ccc(CC(O)CC2CN(C)CCN2C)cc1. The molecule has 0 aromatic heterocycles. The maximum atomic E-state index is 10.3. The predicted molar refractivity (Wildman–Crippen MR) is 84.1 cm³/mol. The highest BCUT2D eigenvalue weighted by Gasteiger charge is 2.24. The van der Waals surface area contributed by atoms with Crippen molar-refractivity contribution in [1.29, 1.82) is 0 Å². The second-order valence-corrected chi connectivity index (χ2v) is 6.16. The van der Waals surface area contributed by atoms with E-state index in [1.165, 1.54) is 11.1 Å². The van der Waals surface area contributed by atoms with Crippen LogP contribution in [-0.4, -0.2) is 60.8 Å². The van der Waals surface area contributed by atoms with Gasteiger partial charge in [0, 0.05) is 25.7 Å². The molecule has 20 heavy (non-hydrogen) atoms. The van der Waals surface area contributed by atoms with Crippen molar-refractivity contribution in [3.63, 3.8) is 0 Å². The molecular weight excluding hydrogens is 248 g/mol. The lowest BCUT2D eigenvalue weighted by Gasteiger charge is -2.38. The molecule has 0 amide bonds. The number of aliphatic hydroxyl groups is 1. The molecule has 0 bridgehead atoms. The van der Waals surface area contributed by atoms with Crippen LogP contribution in [0.4, 0.5) is 0 Å². The van der Waals surface area contributed by atoms with Crippen molar-refractivity contribution in [2.45, 2.75) is 38.3 Å². The number of aliphatic hydroxyl groups excluding tert-OH is 1. The number of aryl methyl sites for hydroxylation is 1. The average Bonchev–Trinajstić information content (AvgIpc) is 2.43. The van der Waals surface area contributed by atoms with Crippen LogP contribution in [0.3, 0.4) is 0 Å². The zero-order valence-electron chi connectivity index (χ0n) is 13.0. The van der Waals surface area contributed by atoms with Crippen molar-refractivity contribution >= 4 is 0 Å². The molecular formula is C17H28N2O. The summed E-state index contributed by atoms with van der Waals surface area (Å²) in [5, 5.41) is 10.3. The van der Waals surface area contributed by atoms with Crippen molar-refractivity contribution < 1.29 is 5.11 Å². The van der Waals surface area contributed by atoms with Crippen molar-refractivity contribution in [3.05, 3.63) is 35.4 Å². The molecule has 3 heteroatoms. The number of rotatable bonds is 5. The number of piperazine rings is 1. The van der Waals surface area contributed by atoms with Crippen LogP contribution in [0.2, 0.25) is 0 Å². The molecule has 1 fully saturated rings. The number of likely N-dealkylation sites (N-methyl/N-ethyl adjacent to an activating group) is 2. The lowest BCUT2D eigenvalue weighted by molar-refractivity contribution is 0.0639. The van der Waals surface area contributed by atoms with E-state index < -0.39 is 0 Å². The highest BCUT2D eigenvalue weighted by Crippen LogP contribution is 2.15. The van der Waals surface area contributed by atoms with Gasteiger partial charge in [0.15, 0.2) is 0 Å². The number of hydrogen-bond acceptors (Lipinski definition) is 3. The number of benzene rings is 1. The second kappa shape index (κ2) is 7.21. The average molecular weight is 276 g/mol. The van der Waals surface area contributed by atoms with E-state index in [0.717, 1.165) is 38.9 Å². The van der Waals surface area contributed by atoms with Gasteiger partial charge in [-0.25, -0.2) is 0 Å². The number of hydrogen-bond donors (Lipinski definition) is 1. The van der Waals surface area contributed by atoms with Gasteiger partial charge in [-0.1, -0.05) is 31.2 Å². The van der Waals surface area contributed by atoms with Gasteiger partial charge in [-0.2, -0.15) is 0 Å². The summed E-state index contributed by atoms with van der Waals surface area (Å²) >= 11 is 0. The van der Waals surface area contributed by atoms with Crippen LogP contribution < -0.4 is 0 Å². The molecule has 1 aliphatic heterocycles. The van der Waals surface area contributed by atoms with Crippen LogP contribution in [0.5, 0.6) is 0 Å². The fraction of sp³-hybridized carbons (Fsp3) is 0.647. The number of nitrogens with zero attached hydrogens (tertiary/aromatic N) is 2. The Kier molecular flexibility index (Phi) is 5.58. The maximum absolute atomic E-state index is 10.3. The molecule has 2 rings (SSSR count). The summed E-state index contributed by atoms with van der Waals surface area (Å²) in [6.45, 7) is 5.45. The van der Waals surface area contributed by atoms with Gasteiger partial charge in [-0.3, -0.25) is 0 Å². The smallest absolute Gasteiger partial charge is 0.0595 e. The fourth-order valence-corrected chi connectivity index (χ4v) is 2.94. The summed E-state index contributed by atoms with van der Waals surface area (Å²) in [4.78, 5) is 4.73. The monoisotopic (exact) mass is 276 g/mol. The third kappa shape index (κ3) is 4.30. The summed E-state index contributed by atoms with van der Waals surface area (Å²) in [5.74, 6) is 0. The lowest BCUT2D eigenvalue weighted by Crippen LogP contribution is -2.51. The van der Waals surface area contributed by atoms with Crippen molar-refractivity contribution in [2.75, 3.05) is 33.7 Å². The topological polar surface area (TPSA) is 26.7 Å². The van der Waals surface area contributed by atoms with Gasteiger partial charge in [-0.05, 0) is 44.5 Å². The Balaban J connectivity index is 1.86. The molecule has 0 spiro atoms. The van der Waals surface area contributed by atoms with Crippen LogP contribution >= 0.6 is 0 Å². The van der Waals surface area contributed by atoms with E-state index >= 15 is 0 Å². The standard InChI is InChI=1S/C17H28N2O/c1-4-14-5-7-15(8-6-14)11-17(20)12-16-13-18(2)9-10-19(16)3/h5-8,16-17,20H,4,9-13H2,1-3H3. The molecule has 112 valence electrons. The molecule has 1 aliphatic rings. The Bertz CT molecular complexity index is 404. The fourth-order valence-electron chi connectivity index (χ4n) is 2.94. The quantitative estimate of drug-likeness (QED) is 0.888. The Morgan fingerprint density at radius 1 is 1.15 bits per heavy atom. The first kappa shape index (κ1) is 15.5. The first-order chi connectivity index (χ1) is 9.58. The summed E-state index contributed by atoms with van der Waals surface area (Å²) in [6, 6.07) is 9.11. The minimum absolute atomic E-state index is 0.249. The molecule has 2 atom stereocenters. The summed E-state index contributed by atoms with van der Waals surface area (Å²) in [6.07, 6.45) is 2.44. The molecule has 1 aromatic rings. The Morgan fingerprint density at radius 3 is 2.45 bits per heavy atom. The highest BCUT2D eigenvalue weighted by molar-refractivity contribution is 5.23. The minimum Gasteiger partial charge on any atom is -0.393 e. The maximum Gasteiger partial charge on any atom is 0.0595 e. The zero-order valence-corrected chi connectivity index (χ0v) is 13.0. The summed E-state index contributed by atoms with van der Waals surface area (Å²) in [5.41, 5.74) is 2.60. The second-order valence-electron chi connectivity index (χ2n) is 6.16. The molecule has 2 unspecified atom stereocenters. The van der Waals surface area contributed by atoms with E-state index in [4.69, 9.17) is 0 Å². The molecule has 1 saturated heterocycles. The summed E-state index contributed by atoms with van der Waals surface area (Å²) in [7, 11) is 4.33. The van der Waals surface area contributed by atoms with Crippen molar-refractivity contribution in [2.24, 2.45) is 0 Å². The van der Waals surface area contributed by atoms with Crippen LogP contribution in [0, 0.1) is 0 Å². The molecule has 0 aliphatic carbocycles. The van der Waals surface area contributed by atoms with Gasteiger partial charge in [-0.15, -0.1) is 0 Å². The molecule has 1 N–H and O–H groups in total. The highest BCUT2D eigenvalue weighted by atomic mass is 16.3. The van der Waals surface area contributed by atoms with Crippen LogP contribution in [0.1, 0.15) is 24.5 Å². The first-order valence-corrected chi connectivity index (χ1v) is 7.73. The molecule has 1 heterocycles. The van der Waals surface area contributed by atoms with Crippen molar-refractivity contribution in [1.82, 2.24) is 9.80 Å². The van der Waals surface area contributed by atoms with Gasteiger partial charge >= 0.3 is 0 Å². The Labute approximate surface area is 123 Å². The predicted octanol–water partition coefficient (Wildman–Crippen LogP) is 1.79. The van der Waals surface area contributed by atoms with Crippen LogP contribution in [0.15, 0.2) is 24.3 Å². The van der Waals surface area contributed by atoms with Gasteiger partial charge < -0.3 is 14.9 Å². The van der Waals surface area contributed by atoms with Gasteiger partial charge in [0.05, 0.1) is 6.10 Å².